The number of fused-ring (bicyclic) bond motifs is 1. The topological polar surface area (TPSA) is 109 Å². The summed E-state index contributed by atoms with van der Waals surface area (Å²) in [5.74, 6) is 0.772. The molecule has 0 radical (unpaired) electrons. The van der Waals surface area contributed by atoms with E-state index in [-0.39, 0.29) is 22.7 Å². The van der Waals surface area contributed by atoms with Gasteiger partial charge in [-0.25, -0.2) is 4.98 Å². The molecule has 0 unspecified atom stereocenters. The molecule has 2 heterocycles. The van der Waals surface area contributed by atoms with Gasteiger partial charge in [-0.2, -0.15) is 5.10 Å². The molecule has 1 aliphatic rings. The van der Waals surface area contributed by atoms with Gasteiger partial charge in [0, 0.05) is 17.4 Å². The molecule has 1 aliphatic carbocycles. The lowest BCUT2D eigenvalue weighted by molar-refractivity contribution is -0.121. The minimum atomic E-state index is -0.297. The Morgan fingerprint density at radius 2 is 2.06 bits per heavy atom. The molecule has 0 aliphatic heterocycles. The zero-order chi connectivity index (χ0) is 22.0. The lowest BCUT2D eigenvalue weighted by Gasteiger charge is -2.20. The van der Waals surface area contributed by atoms with Crippen LogP contribution >= 0.6 is 11.8 Å². The van der Waals surface area contributed by atoms with E-state index in [1.54, 1.807) is 11.7 Å². The van der Waals surface area contributed by atoms with Gasteiger partial charge in [-0.05, 0) is 50.5 Å². The lowest BCUT2D eigenvalue weighted by Crippen LogP contribution is -2.39. The van der Waals surface area contributed by atoms with Crippen molar-refractivity contribution in [1.82, 2.24) is 25.1 Å². The lowest BCUT2D eigenvalue weighted by atomic mass is 10.2. The van der Waals surface area contributed by atoms with Crippen molar-refractivity contribution >= 4 is 28.7 Å². The number of nitrogens with zero attached hydrogens (tertiary/aromatic N) is 3. The summed E-state index contributed by atoms with van der Waals surface area (Å²) in [6, 6.07) is 7.76. The van der Waals surface area contributed by atoms with Crippen LogP contribution in [0.4, 0.5) is 0 Å². The highest BCUT2D eigenvalue weighted by Gasteiger charge is 2.26. The first-order valence-electron chi connectivity index (χ1n) is 10.7. The molecule has 0 saturated heterocycles. The molecule has 0 bridgehead atoms. The van der Waals surface area contributed by atoms with Crippen LogP contribution in [0.15, 0.2) is 29.4 Å². The molecule has 1 amide bonds. The summed E-state index contributed by atoms with van der Waals surface area (Å²) >= 11 is 1.38. The minimum absolute atomic E-state index is 0.0346. The highest BCUT2D eigenvalue weighted by Crippen LogP contribution is 2.28. The van der Waals surface area contributed by atoms with Gasteiger partial charge in [-0.1, -0.05) is 31.5 Å². The normalized spacial score (nSPS) is 15.3. The molecular weight excluding hydrogens is 412 g/mol. The second-order valence-electron chi connectivity index (χ2n) is 7.83. The van der Waals surface area contributed by atoms with Crippen molar-refractivity contribution in [3.05, 3.63) is 35.4 Å². The molecule has 164 valence electrons. The minimum Gasteiger partial charge on any atom is -0.497 e. The van der Waals surface area contributed by atoms with Crippen LogP contribution < -0.4 is 15.5 Å². The molecule has 4 rings (SSSR count). The van der Waals surface area contributed by atoms with Crippen molar-refractivity contribution in [2.75, 3.05) is 7.11 Å². The first-order valence-corrected chi connectivity index (χ1v) is 11.5. The van der Waals surface area contributed by atoms with Crippen molar-refractivity contribution in [3.8, 4) is 11.4 Å². The molecule has 0 spiro atoms. The number of hydrogen-bond acceptors (Lipinski definition) is 6. The number of H-pyrrole nitrogens is 1. The number of carbonyl (C=O) groups excluding carboxylic acids is 1. The van der Waals surface area contributed by atoms with E-state index < -0.39 is 0 Å². The molecule has 2 aromatic heterocycles. The molecule has 31 heavy (non-hydrogen) atoms. The quantitative estimate of drug-likeness (QED) is 0.385. The number of thioether (sulfide) groups is 1. The fourth-order valence-electron chi connectivity index (χ4n) is 3.99. The van der Waals surface area contributed by atoms with Gasteiger partial charge in [-0.15, -0.1) is 0 Å². The Balaban J connectivity index is 1.74. The average Bonchev–Trinajstić information content (AvgIpc) is 3.42. The third-order valence-corrected chi connectivity index (χ3v) is 7.04. The number of ether oxygens (including phenoxy) is 1. The van der Waals surface area contributed by atoms with Crippen molar-refractivity contribution in [1.29, 1.82) is 5.41 Å². The second kappa shape index (κ2) is 9.13. The maximum atomic E-state index is 13.0. The van der Waals surface area contributed by atoms with Crippen LogP contribution in [0.2, 0.25) is 0 Å². The van der Waals surface area contributed by atoms with Gasteiger partial charge < -0.3 is 10.1 Å². The Morgan fingerprint density at radius 1 is 1.35 bits per heavy atom. The Morgan fingerprint density at radius 3 is 2.71 bits per heavy atom. The predicted molar refractivity (Wildman–Crippen MR) is 121 cm³/mol. The average molecular weight is 441 g/mol. The first kappa shape index (κ1) is 21.4. The number of carbonyl (C=O) groups is 1. The number of rotatable bonds is 7. The Bertz CT molecular complexity index is 1130. The molecule has 1 aromatic carbocycles. The van der Waals surface area contributed by atoms with Gasteiger partial charge in [-0.3, -0.25) is 19.9 Å². The van der Waals surface area contributed by atoms with E-state index in [0.717, 1.165) is 30.0 Å². The van der Waals surface area contributed by atoms with Crippen molar-refractivity contribution < 1.29 is 9.53 Å². The summed E-state index contributed by atoms with van der Waals surface area (Å²) in [5, 5.41) is 20.2. The van der Waals surface area contributed by atoms with Gasteiger partial charge in [0.05, 0.1) is 17.7 Å². The predicted octanol–water partition coefficient (Wildman–Crippen LogP) is 3.47. The first-order chi connectivity index (χ1) is 15.0. The van der Waals surface area contributed by atoms with Crippen LogP contribution in [-0.4, -0.2) is 44.1 Å². The maximum Gasteiger partial charge on any atom is 0.233 e. The Labute approximate surface area is 185 Å². The third kappa shape index (κ3) is 4.32. The maximum absolute atomic E-state index is 13.0. The van der Waals surface area contributed by atoms with Crippen molar-refractivity contribution in [2.24, 2.45) is 0 Å². The zero-order valence-electron chi connectivity index (χ0n) is 18.1. The molecule has 9 heteroatoms. The van der Waals surface area contributed by atoms with Crippen LogP contribution in [0, 0.1) is 12.3 Å². The van der Waals surface area contributed by atoms with E-state index >= 15 is 0 Å². The van der Waals surface area contributed by atoms with Gasteiger partial charge in [0.25, 0.3) is 0 Å². The molecule has 3 N–H and O–H groups in total. The van der Waals surface area contributed by atoms with E-state index in [1.165, 1.54) is 24.6 Å². The van der Waals surface area contributed by atoms with Gasteiger partial charge in [0.1, 0.15) is 11.2 Å². The van der Waals surface area contributed by atoms with Crippen LogP contribution in [0.1, 0.15) is 44.7 Å². The number of methoxy groups -OCH3 is 1. The number of amides is 1. The third-order valence-electron chi connectivity index (χ3n) is 5.72. The number of aromatic amines is 1. The van der Waals surface area contributed by atoms with Crippen molar-refractivity contribution in [2.45, 2.75) is 62.4 Å². The molecule has 3 aromatic rings. The van der Waals surface area contributed by atoms with E-state index in [2.05, 4.69) is 15.5 Å². The standard InChI is InChI=1S/C22H28N6O2S/c1-4-17(21(29)24-14-7-5-6-8-14)31-22-25-20-18(13(2)26-27-20)19(23)28(22)15-9-11-16(30-3)12-10-15/h9-12,14,17,23H,4-8H2,1-3H3,(H,24,29)(H,26,27)/t17-/m1/s1. The zero-order valence-corrected chi connectivity index (χ0v) is 18.9. The van der Waals surface area contributed by atoms with E-state index in [1.807, 2.05) is 38.1 Å². The second-order valence-corrected chi connectivity index (χ2v) is 9.00. The van der Waals surface area contributed by atoms with Gasteiger partial charge in [0.15, 0.2) is 10.8 Å². The summed E-state index contributed by atoms with van der Waals surface area (Å²) < 4.78 is 7.05. The fourth-order valence-corrected chi connectivity index (χ4v) is 5.03. The number of nitrogens with one attached hydrogen (secondary N) is 3. The smallest absolute Gasteiger partial charge is 0.233 e. The van der Waals surface area contributed by atoms with Crippen LogP contribution in [0.25, 0.3) is 16.7 Å². The van der Waals surface area contributed by atoms with E-state index in [0.29, 0.717) is 22.6 Å². The molecule has 8 nitrogen and oxygen atoms in total. The summed E-state index contributed by atoms with van der Waals surface area (Å²) in [4.78, 5) is 17.7. The van der Waals surface area contributed by atoms with E-state index in [9.17, 15) is 4.79 Å². The Hall–Kier alpha value is -2.81. The van der Waals surface area contributed by atoms with Gasteiger partial charge >= 0.3 is 0 Å². The van der Waals surface area contributed by atoms with E-state index in [4.69, 9.17) is 15.1 Å². The number of benzene rings is 1. The fraction of sp³-hybridized carbons (Fsp3) is 0.455. The number of hydrogen-bond donors (Lipinski definition) is 3. The SMILES string of the molecule is CC[C@@H](Sc1nc2n[nH]c(C)c2c(=N)n1-c1ccc(OC)cc1)C(=O)NC1CCCC1. The summed E-state index contributed by atoms with van der Waals surface area (Å²) in [6.07, 6.45) is 5.10. The molecule has 1 saturated carbocycles. The highest BCUT2D eigenvalue weighted by molar-refractivity contribution is 8.00. The summed E-state index contributed by atoms with van der Waals surface area (Å²) in [7, 11) is 1.62. The molecular formula is C22H28N6O2S. The monoisotopic (exact) mass is 440 g/mol. The van der Waals surface area contributed by atoms with Crippen molar-refractivity contribution in [3.63, 3.8) is 0 Å². The number of aryl methyl sites for hydroxylation is 1. The largest absolute Gasteiger partial charge is 0.497 e. The number of aromatic nitrogens is 4. The molecule has 1 fully saturated rings. The van der Waals surface area contributed by atoms with Crippen LogP contribution in [0.5, 0.6) is 5.75 Å². The van der Waals surface area contributed by atoms with Crippen LogP contribution in [-0.2, 0) is 4.79 Å². The van der Waals surface area contributed by atoms with Crippen LogP contribution in [0.3, 0.4) is 0 Å². The summed E-state index contributed by atoms with van der Waals surface area (Å²) in [5.41, 5.74) is 2.35. The highest BCUT2D eigenvalue weighted by atomic mass is 32.2. The summed E-state index contributed by atoms with van der Waals surface area (Å²) in [6.45, 7) is 3.88. The van der Waals surface area contributed by atoms with Gasteiger partial charge in [0.2, 0.25) is 5.91 Å². The molecule has 1 atom stereocenters. The Kier molecular flexibility index (Phi) is 6.31.